The average Bonchev–Trinajstić information content (AvgIpc) is 2.24. The standard InChI is InChI=1S/C10H12O7S/c1-16-8-4-2-7(3-5-10(11)12)6-9(8)17-18(13,14)15/h2,4,6H,3,5H2,1H3,(H,11,12)(H,13,14,15). The van der Waals surface area contributed by atoms with E-state index in [1.165, 1.54) is 19.2 Å². The second-order valence-electron chi connectivity index (χ2n) is 3.39. The number of hydrogen-bond donors (Lipinski definition) is 2. The van der Waals surface area contributed by atoms with Gasteiger partial charge in [-0.15, -0.1) is 0 Å². The van der Waals surface area contributed by atoms with E-state index in [1.807, 2.05) is 0 Å². The van der Waals surface area contributed by atoms with Crippen molar-refractivity contribution in [3.8, 4) is 11.5 Å². The van der Waals surface area contributed by atoms with Gasteiger partial charge in [-0.05, 0) is 24.1 Å². The van der Waals surface area contributed by atoms with Gasteiger partial charge >= 0.3 is 16.4 Å². The van der Waals surface area contributed by atoms with Crippen molar-refractivity contribution in [3.05, 3.63) is 23.8 Å². The Bertz CT molecular complexity index is 535. The summed E-state index contributed by atoms with van der Waals surface area (Å²) < 4.78 is 39.0. The van der Waals surface area contributed by atoms with E-state index in [1.54, 1.807) is 6.07 Å². The number of carboxylic acid groups (broad SMARTS) is 1. The Kier molecular flexibility index (Phi) is 4.51. The largest absolute Gasteiger partial charge is 0.493 e. The first kappa shape index (κ1) is 14.3. The maximum absolute atomic E-state index is 10.6. The van der Waals surface area contributed by atoms with Crippen molar-refractivity contribution in [2.75, 3.05) is 7.11 Å². The van der Waals surface area contributed by atoms with E-state index in [4.69, 9.17) is 14.4 Å². The fourth-order valence-electron chi connectivity index (χ4n) is 1.31. The molecule has 100 valence electrons. The first-order valence-electron chi connectivity index (χ1n) is 4.87. The van der Waals surface area contributed by atoms with E-state index < -0.39 is 16.4 Å². The van der Waals surface area contributed by atoms with E-state index in [0.29, 0.717) is 5.56 Å². The highest BCUT2D eigenvalue weighted by atomic mass is 32.3. The van der Waals surface area contributed by atoms with Crippen LogP contribution in [-0.4, -0.2) is 31.2 Å². The normalized spacial score (nSPS) is 11.0. The Hall–Kier alpha value is -1.80. The molecule has 1 rings (SSSR count). The second kappa shape index (κ2) is 5.69. The molecule has 0 amide bonds. The van der Waals surface area contributed by atoms with Crippen molar-refractivity contribution in [3.63, 3.8) is 0 Å². The molecular weight excluding hydrogens is 264 g/mol. The lowest BCUT2D eigenvalue weighted by atomic mass is 10.1. The molecule has 2 N–H and O–H groups in total. The molecule has 0 spiro atoms. The van der Waals surface area contributed by atoms with Crippen LogP contribution in [0.15, 0.2) is 18.2 Å². The highest BCUT2D eigenvalue weighted by Crippen LogP contribution is 2.29. The smallest absolute Gasteiger partial charge is 0.446 e. The van der Waals surface area contributed by atoms with Gasteiger partial charge in [0.05, 0.1) is 7.11 Å². The topological polar surface area (TPSA) is 110 Å². The third-order valence-corrected chi connectivity index (χ3v) is 2.44. The van der Waals surface area contributed by atoms with Gasteiger partial charge < -0.3 is 14.0 Å². The van der Waals surface area contributed by atoms with Crippen molar-refractivity contribution >= 4 is 16.4 Å². The maximum Gasteiger partial charge on any atom is 0.446 e. The number of ether oxygens (including phenoxy) is 1. The molecule has 0 unspecified atom stereocenters. The zero-order valence-electron chi connectivity index (χ0n) is 9.49. The van der Waals surface area contributed by atoms with E-state index in [-0.39, 0.29) is 24.3 Å². The predicted molar refractivity (Wildman–Crippen MR) is 61.1 cm³/mol. The molecule has 0 saturated carbocycles. The molecule has 0 heterocycles. The molecule has 0 fully saturated rings. The summed E-state index contributed by atoms with van der Waals surface area (Å²) >= 11 is 0. The minimum absolute atomic E-state index is 0.0996. The fourth-order valence-corrected chi connectivity index (χ4v) is 1.66. The summed E-state index contributed by atoms with van der Waals surface area (Å²) in [5.41, 5.74) is 0.553. The molecule has 1 aromatic carbocycles. The number of aryl methyl sites for hydroxylation is 1. The lowest BCUT2D eigenvalue weighted by Crippen LogP contribution is -2.08. The fraction of sp³-hybridized carbons (Fsp3) is 0.300. The molecule has 0 saturated heterocycles. The third-order valence-electron chi connectivity index (χ3n) is 2.05. The van der Waals surface area contributed by atoms with Crippen LogP contribution in [0, 0.1) is 0 Å². The van der Waals surface area contributed by atoms with Crippen LogP contribution < -0.4 is 8.92 Å². The predicted octanol–water partition coefficient (Wildman–Crippen LogP) is 0.894. The number of rotatable bonds is 6. The number of carboxylic acids is 1. The van der Waals surface area contributed by atoms with Crippen LogP contribution in [-0.2, 0) is 21.6 Å². The van der Waals surface area contributed by atoms with Gasteiger partial charge in [0.25, 0.3) is 0 Å². The summed E-state index contributed by atoms with van der Waals surface area (Å²) in [4.78, 5) is 10.4. The Morgan fingerprint density at radius 1 is 1.33 bits per heavy atom. The summed E-state index contributed by atoms with van der Waals surface area (Å²) in [6.07, 6.45) is 0.110. The molecule has 1 aromatic rings. The Morgan fingerprint density at radius 2 is 2.00 bits per heavy atom. The van der Waals surface area contributed by atoms with Gasteiger partial charge in [0.2, 0.25) is 0 Å². The zero-order valence-corrected chi connectivity index (χ0v) is 10.3. The molecule has 0 aliphatic rings. The van der Waals surface area contributed by atoms with Gasteiger partial charge in [0, 0.05) is 6.42 Å². The van der Waals surface area contributed by atoms with Crippen molar-refractivity contribution in [2.45, 2.75) is 12.8 Å². The van der Waals surface area contributed by atoms with Gasteiger partial charge in [-0.1, -0.05) is 6.07 Å². The first-order chi connectivity index (χ1) is 8.31. The highest BCUT2D eigenvalue weighted by Gasteiger charge is 2.13. The van der Waals surface area contributed by atoms with Gasteiger partial charge in [0.1, 0.15) is 0 Å². The first-order valence-corrected chi connectivity index (χ1v) is 6.24. The van der Waals surface area contributed by atoms with Crippen LogP contribution >= 0.6 is 0 Å². The highest BCUT2D eigenvalue weighted by molar-refractivity contribution is 7.81. The lowest BCUT2D eigenvalue weighted by molar-refractivity contribution is -0.136. The van der Waals surface area contributed by atoms with E-state index in [0.717, 1.165) is 0 Å². The van der Waals surface area contributed by atoms with Gasteiger partial charge in [-0.3, -0.25) is 9.35 Å². The summed E-state index contributed by atoms with van der Waals surface area (Å²) in [6, 6.07) is 4.31. The Balaban J connectivity index is 2.98. The minimum atomic E-state index is -4.65. The molecule has 0 aliphatic heterocycles. The zero-order chi connectivity index (χ0) is 13.8. The molecule has 7 nitrogen and oxygen atoms in total. The maximum atomic E-state index is 10.6. The van der Waals surface area contributed by atoms with E-state index >= 15 is 0 Å². The number of aliphatic carboxylic acids is 1. The van der Waals surface area contributed by atoms with Crippen LogP contribution in [0.5, 0.6) is 11.5 Å². The number of hydrogen-bond acceptors (Lipinski definition) is 5. The van der Waals surface area contributed by atoms with Crippen molar-refractivity contribution < 1.29 is 31.8 Å². The van der Waals surface area contributed by atoms with Crippen LogP contribution in [0.2, 0.25) is 0 Å². The molecule has 0 aromatic heterocycles. The van der Waals surface area contributed by atoms with Gasteiger partial charge in [-0.2, -0.15) is 8.42 Å². The van der Waals surface area contributed by atoms with Gasteiger partial charge in [-0.25, -0.2) is 0 Å². The SMILES string of the molecule is COc1ccc(CCC(=O)O)cc1OS(=O)(=O)O. The van der Waals surface area contributed by atoms with Gasteiger partial charge in [0.15, 0.2) is 11.5 Å². The molecular formula is C10H12O7S. The quantitative estimate of drug-likeness (QED) is 0.742. The van der Waals surface area contributed by atoms with Crippen LogP contribution in [0.1, 0.15) is 12.0 Å². The molecule has 0 aliphatic carbocycles. The summed E-state index contributed by atoms with van der Waals surface area (Å²) in [5.74, 6) is -1.04. The summed E-state index contributed by atoms with van der Waals surface area (Å²) in [5, 5.41) is 8.54. The minimum Gasteiger partial charge on any atom is -0.493 e. The number of methoxy groups -OCH3 is 1. The van der Waals surface area contributed by atoms with Crippen LogP contribution in [0.3, 0.4) is 0 Å². The molecule has 8 heteroatoms. The second-order valence-corrected chi connectivity index (χ2v) is 4.41. The summed E-state index contributed by atoms with van der Waals surface area (Å²) in [7, 11) is -3.35. The molecule has 0 atom stereocenters. The number of carbonyl (C=O) groups is 1. The third kappa shape index (κ3) is 4.60. The average molecular weight is 276 g/mol. The lowest BCUT2D eigenvalue weighted by Gasteiger charge is -2.09. The van der Waals surface area contributed by atoms with Crippen LogP contribution in [0.25, 0.3) is 0 Å². The Morgan fingerprint density at radius 3 is 2.50 bits per heavy atom. The molecule has 18 heavy (non-hydrogen) atoms. The van der Waals surface area contributed by atoms with E-state index in [9.17, 15) is 13.2 Å². The van der Waals surface area contributed by atoms with Crippen molar-refractivity contribution in [2.24, 2.45) is 0 Å². The van der Waals surface area contributed by atoms with Crippen LogP contribution in [0.4, 0.5) is 0 Å². The Labute approximate surface area is 104 Å². The monoisotopic (exact) mass is 276 g/mol. The molecule has 0 radical (unpaired) electrons. The number of benzene rings is 1. The molecule has 0 bridgehead atoms. The summed E-state index contributed by atoms with van der Waals surface area (Å²) in [6.45, 7) is 0. The van der Waals surface area contributed by atoms with Crippen molar-refractivity contribution in [1.82, 2.24) is 0 Å². The van der Waals surface area contributed by atoms with E-state index in [2.05, 4.69) is 4.18 Å². The van der Waals surface area contributed by atoms with Crippen molar-refractivity contribution in [1.29, 1.82) is 0 Å².